The molecule has 28 heavy (non-hydrogen) atoms. The monoisotopic (exact) mass is 386 g/mol. The van der Waals surface area contributed by atoms with Crippen LogP contribution < -0.4 is 9.47 Å². The quantitative estimate of drug-likeness (QED) is 0.749. The van der Waals surface area contributed by atoms with Crippen molar-refractivity contribution in [1.29, 1.82) is 0 Å². The van der Waals surface area contributed by atoms with Gasteiger partial charge in [0.05, 0.1) is 27.4 Å². The van der Waals surface area contributed by atoms with Crippen LogP contribution in [0.15, 0.2) is 35.9 Å². The average Bonchev–Trinajstić information content (AvgIpc) is 2.69. The standard InChI is InChI=1S/C22H26O6/c1-24-12-16-8-15-9-17(23)5-6-22(15)18-10-20(27-4)19(26-3)7-14(18)11-21(16,28-22)13-25-2/h5-7,9-10,16H,8,11-13H2,1-4H3/t16-,21+,22-/m0/s1. The molecule has 4 rings (SSSR count). The number of ketones is 1. The molecule has 1 fully saturated rings. The van der Waals surface area contributed by atoms with E-state index in [1.807, 2.05) is 18.2 Å². The number of fused-ring (bicyclic) bond motifs is 2. The SMILES string of the molecule is COC[C@@H]1CC2=CC(=O)C=C[C@]23O[C@@]1(COC)Cc1cc(OC)c(OC)cc13. The molecule has 1 aromatic rings. The first-order chi connectivity index (χ1) is 13.5. The number of benzene rings is 1. The molecule has 1 saturated heterocycles. The van der Waals surface area contributed by atoms with Gasteiger partial charge in [0.2, 0.25) is 0 Å². The highest BCUT2D eigenvalue weighted by molar-refractivity contribution is 6.01. The second kappa shape index (κ2) is 7.03. The number of allylic oxidation sites excluding steroid dienone is 2. The fourth-order valence-electron chi connectivity index (χ4n) is 4.89. The topological polar surface area (TPSA) is 63.2 Å². The Kier molecular flexibility index (Phi) is 4.81. The van der Waals surface area contributed by atoms with E-state index in [9.17, 15) is 4.79 Å². The molecule has 1 spiro atoms. The van der Waals surface area contributed by atoms with Gasteiger partial charge in [-0.2, -0.15) is 0 Å². The minimum Gasteiger partial charge on any atom is -0.493 e. The maximum absolute atomic E-state index is 12.2. The summed E-state index contributed by atoms with van der Waals surface area (Å²) >= 11 is 0. The molecule has 3 atom stereocenters. The predicted octanol–water partition coefficient (Wildman–Crippen LogP) is 2.59. The van der Waals surface area contributed by atoms with Gasteiger partial charge in [-0.3, -0.25) is 4.79 Å². The number of carbonyl (C=O) groups excluding carboxylic acids is 1. The zero-order valence-electron chi connectivity index (χ0n) is 16.7. The van der Waals surface area contributed by atoms with E-state index in [1.54, 1.807) is 40.6 Å². The minimum absolute atomic E-state index is 0.0211. The van der Waals surface area contributed by atoms with Crippen LogP contribution in [0.2, 0.25) is 0 Å². The summed E-state index contributed by atoms with van der Waals surface area (Å²) in [6.45, 7) is 0.961. The van der Waals surface area contributed by atoms with Gasteiger partial charge in [-0.1, -0.05) is 0 Å². The third-order valence-corrected chi connectivity index (χ3v) is 6.11. The second-order valence-corrected chi connectivity index (χ2v) is 7.64. The molecular formula is C22H26O6. The van der Waals surface area contributed by atoms with E-state index in [-0.39, 0.29) is 11.7 Å². The Hall–Kier alpha value is -2.15. The molecule has 150 valence electrons. The van der Waals surface area contributed by atoms with Crippen LogP contribution >= 0.6 is 0 Å². The molecule has 0 saturated carbocycles. The van der Waals surface area contributed by atoms with Gasteiger partial charge in [-0.25, -0.2) is 0 Å². The third kappa shape index (κ3) is 2.70. The first kappa shape index (κ1) is 19.2. The highest BCUT2D eigenvalue weighted by Gasteiger charge is 2.58. The Labute approximate surface area is 165 Å². The number of ether oxygens (including phenoxy) is 5. The summed E-state index contributed by atoms with van der Waals surface area (Å²) in [5, 5.41) is 0. The smallest absolute Gasteiger partial charge is 0.178 e. The molecule has 0 N–H and O–H groups in total. The minimum atomic E-state index is -0.802. The maximum atomic E-state index is 12.2. The third-order valence-electron chi connectivity index (χ3n) is 6.11. The number of hydrogen-bond acceptors (Lipinski definition) is 6. The van der Waals surface area contributed by atoms with Crippen molar-refractivity contribution in [2.45, 2.75) is 24.0 Å². The molecule has 0 aromatic heterocycles. The van der Waals surface area contributed by atoms with Crippen molar-refractivity contribution in [2.24, 2.45) is 5.92 Å². The largest absolute Gasteiger partial charge is 0.493 e. The lowest BCUT2D eigenvalue weighted by Crippen LogP contribution is -2.61. The van der Waals surface area contributed by atoms with Crippen LogP contribution in [0.4, 0.5) is 0 Å². The summed E-state index contributed by atoms with van der Waals surface area (Å²) in [6.07, 6.45) is 6.54. The Balaban J connectivity index is 1.96. The summed E-state index contributed by atoms with van der Waals surface area (Å²) < 4.78 is 29.0. The average molecular weight is 386 g/mol. The van der Waals surface area contributed by atoms with Crippen LogP contribution in [0.1, 0.15) is 17.5 Å². The van der Waals surface area contributed by atoms with Crippen molar-refractivity contribution in [3.8, 4) is 11.5 Å². The van der Waals surface area contributed by atoms with Crippen LogP contribution in [0.25, 0.3) is 0 Å². The fourth-order valence-corrected chi connectivity index (χ4v) is 4.89. The van der Waals surface area contributed by atoms with E-state index in [1.165, 1.54) is 0 Å². The molecule has 6 nitrogen and oxygen atoms in total. The highest BCUT2D eigenvalue weighted by atomic mass is 16.6. The zero-order valence-corrected chi connectivity index (χ0v) is 16.7. The van der Waals surface area contributed by atoms with Crippen molar-refractivity contribution in [1.82, 2.24) is 0 Å². The number of methoxy groups -OCH3 is 4. The Morgan fingerprint density at radius 2 is 1.86 bits per heavy atom. The lowest BCUT2D eigenvalue weighted by molar-refractivity contribution is -0.215. The van der Waals surface area contributed by atoms with Gasteiger partial charge in [0.25, 0.3) is 0 Å². The molecule has 0 unspecified atom stereocenters. The molecule has 2 heterocycles. The molecular weight excluding hydrogens is 360 g/mol. The molecule has 6 heteroatoms. The molecule has 1 aliphatic carbocycles. The Bertz CT molecular complexity index is 857. The molecule has 2 aliphatic heterocycles. The zero-order chi connectivity index (χ0) is 19.9. The summed E-state index contributed by atoms with van der Waals surface area (Å²) in [5.74, 6) is 1.36. The van der Waals surface area contributed by atoms with E-state index >= 15 is 0 Å². The van der Waals surface area contributed by atoms with Crippen molar-refractivity contribution in [3.05, 3.63) is 47.1 Å². The molecule has 2 bridgehead atoms. The fraction of sp³-hybridized carbons (Fsp3) is 0.500. The van der Waals surface area contributed by atoms with Gasteiger partial charge in [0, 0.05) is 26.6 Å². The molecule has 1 aromatic carbocycles. The van der Waals surface area contributed by atoms with E-state index in [0.29, 0.717) is 37.6 Å². The maximum Gasteiger partial charge on any atom is 0.178 e. The van der Waals surface area contributed by atoms with Gasteiger partial charge in [0.15, 0.2) is 17.3 Å². The van der Waals surface area contributed by atoms with Gasteiger partial charge >= 0.3 is 0 Å². The Morgan fingerprint density at radius 1 is 1.11 bits per heavy atom. The van der Waals surface area contributed by atoms with Crippen LogP contribution in [0.5, 0.6) is 11.5 Å². The van der Waals surface area contributed by atoms with E-state index in [0.717, 1.165) is 16.7 Å². The van der Waals surface area contributed by atoms with Crippen LogP contribution in [-0.4, -0.2) is 53.0 Å². The van der Waals surface area contributed by atoms with Crippen LogP contribution in [-0.2, 0) is 31.0 Å². The predicted molar refractivity (Wildman–Crippen MR) is 103 cm³/mol. The van der Waals surface area contributed by atoms with E-state index in [2.05, 4.69) is 0 Å². The summed E-state index contributed by atoms with van der Waals surface area (Å²) in [5.41, 5.74) is 1.68. The Morgan fingerprint density at radius 3 is 2.54 bits per heavy atom. The van der Waals surface area contributed by atoms with Gasteiger partial charge < -0.3 is 23.7 Å². The van der Waals surface area contributed by atoms with Crippen LogP contribution in [0.3, 0.4) is 0 Å². The van der Waals surface area contributed by atoms with Crippen molar-refractivity contribution >= 4 is 5.78 Å². The lowest BCUT2D eigenvalue weighted by Gasteiger charge is -2.57. The lowest BCUT2D eigenvalue weighted by atomic mass is 9.63. The van der Waals surface area contributed by atoms with E-state index < -0.39 is 11.2 Å². The van der Waals surface area contributed by atoms with Gasteiger partial charge in [-0.05, 0) is 53.5 Å². The number of rotatable bonds is 6. The first-order valence-corrected chi connectivity index (χ1v) is 9.39. The summed E-state index contributed by atoms with van der Waals surface area (Å²) in [4.78, 5) is 12.2. The second-order valence-electron chi connectivity index (χ2n) is 7.64. The summed E-state index contributed by atoms with van der Waals surface area (Å²) in [7, 11) is 6.62. The van der Waals surface area contributed by atoms with Crippen molar-refractivity contribution in [3.63, 3.8) is 0 Å². The van der Waals surface area contributed by atoms with Crippen molar-refractivity contribution in [2.75, 3.05) is 41.7 Å². The van der Waals surface area contributed by atoms with Gasteiger partial charge in [0.1, 0.15) is 11.2 Å². The van der Waals surface area contributed by atoms with Gasteiger partial charge in [-0.15, -0.1) is 0 Å². The number of carbonyl (C=O) groups is 1. The van der Waals surface area contributed by atoms with Crippen molar-refractivity contribution < 1.29 is 28.5 Å². The first-order valence-electron chi connectivity index (χ1n) is 9.39. The normalized spacial score (nSPS) is 30.4. The molecule has 3 aliphatic rings. The van der Waals surface area contributed by atoms with Crippen LogP contribution in [0, 0.1) is 5.92 Å². The molecule has 0 amide bonds. The highest BCUT2D eigenvalue weighted by Crippen LogP contribution is 2.57. The summed E-state index contributed by atoms with van der Waals surface area (Å²) in [6, 6.07) is 3.98. The van der Waals surface area contributed by atoms with E-state index in [4.69, 9.17) is 23.7 Å². The number of hydrogen-bond donors (Lipinski definition) is 0. The molecule has 0 radical (unpaired) electrons.